The lowest BCUT2D eigenvalue weighted by atomic mass is 10.0. The van der Waals surface area contributed by atoms with Crippen molar-refractivity contribution in [2.75, 3.05) is 25.7 Å². The predicted octanol–water partition coefficient (Wildman–Crippen LogP) is 3.46. The Hall–Kier alpha value is -6.09. The van der Waals surface area contributed by atoms with Gasteiger partial charge >= 0.3 is 6.16 Å². The van der Waals surface area contributed by atoms with Gasteiger partial charge < -0.3 is 35.4 Å². The van der Waals surface area contributed by atoms with E-state index in [-0.39, 0.29) is 22.9 Å². The summed E-state index contributed by atoms with van der Waals surface area (Å²) < 4.78 is 17.7. The van der Waals surface area contributed by atoms with Crippen LogP contribution in [0.5, 0.6) is 17.2 Å². The number of anilines is 2. The van der Waals surface area contributed by atoms with Gasteiger partial charge in [-0.2, -0.15) is 4.98 Å². The van der Waals surface area contributed by atoms with Crippen LogP contribution in [-0.4, -0.2) is 45.0 Å². The highest BCUT2D eigenvalue weighted by atomic mass is 16.7. The molecular weight excluding hydrogens is 552 g/mol. The second kappa shape index (κ2) is 12.2. The van der Waals surface area contributed by atoms with E-state index >= 15 is 0 Å². The van der Waals surface area contributed by atoms with Gasteiger partial charge in [0.25, 0.3) is 0 Å². The summed E-state index contributed by atoms with van der Waals surface area (Å²) in [5.74, 6) is 7.30. The van der Waals surface area contributed by atoms with Crippen molar-refractivity contribution in [3.8, 4) is 29.1 Å². The number of hydrogen-bond donors (Lipinski definition) is 3. The van der Waals surface area contributed by atoms with E-state index in [2.05, 4.69) is 26.8 Å². The van der Waals surface area contributed by atoms with Crippen molar-refractivity contribution < 1.29 is 24.1 Å². The fourth-order valence-electron chi connectivity index (χ4n) is 4.57. The van der Waals surface area contributed by atoms with E-state index in [1.807, 2.05) is 24.3 Å². The maximum Gasteiger partial charge on any atom is 0.511 e. The molecule has 0 radical (unpaired) electrons. The van der Waals surface area contributed by atoms with Gasteiger partial charge in [-0.3, -0.25) is 9.78 Å². The van der Waals surface area contributed by atoms with E-state index in [9.17, 15) is 9.59 Å². The number of fused-ring (bicyclic) bond motifs is 1. The smallest absolute Gasteiger partial charge is 0.493 e. The van der Waals surface area contributed by atoms with Gasteiger partial charge in [0.15, 0.2) is 17.2 Å². The molecule has 3 heterocycles. The van der Waals surface area contributed by atoms with Crippen LogP contribution < -0.4 is 31.1 Å². The highest BCUT2D eigenvalue weighted by Crippen LogP contribution is 2.33. The van der Waals surface area contributed by atoms with Crippen LogP contribution in [0.1, 0.15) is 27.8 Å². The minimum absolute atomic E-state index is 0.0901. The Balaban J connectivity index is 1.58. The second-order valence-corrected chi connectivity index (χ2v) is 9.35. The van der Waals surface area contributed by atoms with Crippen LogP contribution >= 0.6 is 0 Å². The first kappa shape index (κ1) is 28.4. The average Bonchev–Trinajstić information content (AvgIpc) is 2.99. The molecule has 5 rings (SSSR count). The number of ether oxygens (including phenoxy) is 3. The standard InChI is InChI=1S/C31H26N6O6/c1-41-25-14-20(12-22-15-35-30(33)36-29(22)32)11-21(28(25)42-2)5-3-18-4-6-23-24(13-18)37(16-19-7-9-34-10-8-19)17-26(27(23)38)43-31(39)40/h4,6-11,13-15,17H,12,16H2,1-2H3,(H,39,40)(H4,32,33,35,36). The molecular formula is C31H26N6O6. The fraction of sp³-hybridized carbons (Fsp3) is 0.129. The first-order valence-electron chi connectivity index (χ1n) is 12.9. The maximum atomic E-state index is 13.0. The first-order valence-corrected chi connectivity index (χ1v) is 12.9. The average molecular weight is 579 g/mol. The molecule has 0 fully saturated rings. The quantitative estimate of drug-likeness (QED) is 0.190. The zero-order chi connectivity index (χ0) is 30.5. The minimum atomic E-state index is -1.58. The highest BCUT2D eigenvalue weighted by Gasteiger charge is 2.15. The molecule has 0 bridgehead atoms. The molecule has 0 aliphatic heterocycles. The number of carbonyl (C=O) groups is 1. The summed E-state index contributed by atoms with van der Waals surface area (Å²) in [6, 6.07) is 12.4. The van der Waals surface area contributed by atoms with Crippen molar-refractivity contribution in [1.29, 1.82) is 0 Å². The fourth-order valence-corrected chi connectivity index (χ4v) is 4.57. The van der Waals surface area contributed by atoms with Gasteiger partial charge in [-0.15, -0.1) is 0 Å². The van der Waals surface area contributed by atoms with Crippen LogP contribution in [-0.2, 0) is 13.0 Å². The molecule has 12 nitrogen and oxygen atoms in total. The Morgan fingerprint density at radius 1 is 1.00 bits per heavy atom. The Labute approximate surface area is 245 Å². The number of nitrogens with two attached hydrogens (primary N) is 2. The summed E-state index contributed by atoms with van der Waals surface area (Å²) >= 11 is 0. The van der Waals surface area contributed by atoms with Gasteiger partial charge in [0.05, 0.1) is 31.5 Å². The molecule has 0 unspecified atom stereocenters. The van der Waals surface area contributed by atoms with E-state index < -0.39 is 11.6 Å². The van der Waals surface area contributed by atoms with Crippen LogP contribution in [0.4, 0.5) is 16.6 Å². The number of carboxylic acid groups (broad SMARTS) is 1. The number of aromatic nitrogens is 4. The van der Waals surface area contributed by atoms with E-state index in [4.69, 9.17) is 30.8 Å². The third kappa shape index (κ3) is 6.31. The van der Waals surface area contributed by atoms with Gasteiger partial charge in [0.2, 0.25) is 11.4 Å². The first-order chi connectivity index (χ1) is 20.7. The lowest BCUT2D eigenvalue weighted by Gasteiger charge is -2.14. The summed E-state index contributed by atoms with van der Waals surface area (Å²) in [5.41, 5.74) is 15.2. The Kier molecular flexibility index (Phi) is 8.06. The number of methoxy groups -OCH3 is 2. The lowest BCUT2D eigenvalue weighted by molar-refractivity contribution is 0.144. The predicted molar refractivity (Wildman–Crippen MR) is 159 cm³/mol. The topological polar surface area (TPSA) is 178 Å². The van der Waals surface area contributed by atoms with Crippen LogP contribution in [0.2, 0.25) is 0 Å². The normalized spacial score (nSPS) is 10.6. The van der Waals surface area contributed by atoms with E-state index in [0.29, 0.717) is 46.7 Å². The minimum Gasteiger partial charge on any atom is -0.493 e. The molecule has 5 N–H and O–H groups in total. The van der Waals surface area contributed by atoms with Crippen molar-refractivity contribution >= 4 is 28.8 Å². The molecule has 2 aromatic carbocycles. The van der Waals surface area contributed by atoms with Crippen LogP contribution in [0.3, 0.4) is 0 Å². The summed E-state index contributed by atoms with van der Waals surface area (Å²) in [6.07, 6.45) is 5.08. The van der Waals surface area contributed by atoms with Gasteiger partial charge in [-0.1, -0.05) is 11.8 Å². The van der Waals surface area contributed by atoms with Crippen LogP contribution in [0.15, 0.2) is 72.0 Å². The molecule has 43 heavy (non-hydrogen) atoms. The number of nitrogens with zero attached hydrogens (tertiary/aromatic N) is 4. The monoisotopic (exact) mass is 578 g/mol. The second-order valence-electron chi connectivity index (χ2n) is 9.35. The zero-order valence-corrected chi connectivity index (χ0v) is 23.2. The Morgan fingerprint density at radius 3 is 2.49 bits per heavy atom. The molecule has 0 atom stereocenters. The molecule has 0 saturated heterocycles. The van der Waals surface area contributed by atoms with Gasteiger partial charge in [0, 0.05) is 48.1 Å². The number of nitrogen functional groups attached to an aromatic ring is 2. The van der Waals surface area contributed by atoms with Gasteiger partial charge in [-0.05, 0) is 53.6 Å². The Morgan fingerprint density at radius 2 is 1.79 bits per heavy atom. The van der Waals surface area contributed by atoms with E-state index in [0.717, 1.165) is 11.1 Å². The molecule has 0 aliphatic carbocycles. The molecule has 216 valence electrons. The number of hydrogen-bond acceptors (Lipinski definition) is 10. The Bertz CT molecular complexity index is 1960. The number of rotatable bonds is 7. The summed E-state index contributed by atoms with van der Waals surface area (Å²) in [5, 5.41) is 9.42. The molecule has 0 spiro atoms. The molecule has 3 aromatic heterocycles. The van der Waals surface area contributed by atoms with Crippen LogP contribution in [0.25, 0.3) is 10.9 Å². The number of benzene rings is 2. The van der Waals surface area contributed by atoms with E-state index in [1.165, 1.54) is 20.4 Å². The van der Waals surface area contributed by atoms with Crippen molar-refractivity contribution in [3.63, 3.8) is 0 Å². The molecule has 0 aliphatic rings. The lowest BCUT2D eigenvalue weighted by Crippen LogP contribution is -2.16. The number of pyridine rings is 2. The summed E-state index contributed by atoms with van der Waals surface area (Å²) in [6.45, 7) is 0.331. The molecule has 0 amide bonds. The van der Waals surface area contributed by atoms with Crippen LogP contribution in [0, 0.1) is 11.8 Å². The maximum absolute atomic E-state index is 13.0. The van der Waals surface area contributed by atoms with Gasteiger partial charge in [0.1, 0.15) is 5.82 Å². The van der Waals surface area contributed by atoms with E-state index in [1.54, 1.807) is 41.4 Å². The zero-order valence-electron chi connectivity index (χ0n) is 23.2. The molecule has 0 saturated carbocycles. The van der Waals surface area contributed by atoms with Crippen molar-refractivity contribution in [2.24, 2.45) is 0 Å². The third-order valence-electron chi connectivity index (χ3n) is 6.54. The van der Waals surface area contributed by atoms with Crippen molar-refractivity contribution in [2.45, 2.75) is 13.0 Å². The molecule has 5 aromatic rings. The van der Waals surface area contributed by atoms with Gasteiger partial charge in [-0.25, -0.2) is 9.78 Å². The molecule has 12 heteroatoms. The SMILES string of the molecule is COc1cc(Cc2cnc(N)nc2N)cc(C#Cc2ccc3c(=O)c(OC(=O)O)cn(Cc4ccncc4)c3c2)c1OC. The summed E-state index contributed by atoms with van der Waals surface area (Å²) in [7, 11) is 3.06. The third-order valence-corrected chi connectivity index (χ3v) is 6.54. The largest absolute Gasteiger partial charge is 0.511 e. The van der Waals surface area contributed by atoms with Crippen molar-refractivity contribution in [1.82, 2.24) is 19.5 Å². The summed E-state index contributed by atoms with van der Waals surface area (Å²) in [4.78, 5) is 36.4. The highest BCUT2D eigenvalue weighted by molar-refractivity contribution is 5.82. The van der Waals surface area contributed by atoms with Crippen molar-refractivity contribution in [3.05, 3.63) is 105 Å².